The van der Waals surface area contributed by atoms with Gasteiger partial charge in [0.25, 0.3) is 5.69 Å². The quantitative estimate of drug-likeness (QED) is 0.0554. The molecule has 0 amide bonds. The number of Topliss-reactive ketones (excluding diaryl/α,β-unsaturated/α-hetero) is 2. The topological polar surface area (TPSA) is 104 Å². The number of unbranched alkanes of at least 4 members (excludes halogenated alkanes) is 12. The number of rotatable bonds is 21. The van der Waals surface area contributed by atoms with Crippen LogP contribution in [0, 0.1) is 10.1 Å². The lowest BCUT2D eigenvalue weighted by Crippen LogP contribution is -2.10. The van der Waals surface area contributed by atoms with Crippen LogP contribution in [-0.2, 0) is 16.0 Å². The van der Waals surface area contributed by atoms with Gasteiger partial charge in [0.15, 0.2) is 11.6 Å². The number of carbonyl (C=O) groups is 3. The molecule has 7 nitrogen and oxygen atoms in total. The third-order valence-electron chi connectivity index (χ3n) is 6.46. The first-order chi connectivity index (χ1) is 17.3. The Morgan fingerprint density at radius 3 is 1.83 bits per heavy atom. The van der Waals surface area contributed by atoms with E-state index in [4.69, 9.17) is 4.74 Å². The van der Waals surface area contributed by atoms with Crippen LogP contribution in [0.4, 0.5) is 5.69 Å². The van der Waals surface area contributed by atoms with Gasteiger partial charge in [-0.05, 0) is 51.2 Å². The lowest BCUT2D eigenvalue weighted by molar-refractivity contribution is -0.385. The molecule has 0 unspecified atom stereocenters. The molecule has 1 aromatic carbocycles. The van der Waals surface area contributed by atoms with Crippen molar-refractivity contribution in [3.8, 4) is 0 Å². The molecule has 0 heterocycles. The number of hydrogen-bond acceptors (Lipinski definition) is 6. The van der Waals surface area contributed by atoms with Crippen LogP contribution in [0.2, 0.25) is 0 Å². The number of aryl methyl sites for hydroxylation is 1. The Balaban J connectivity index is 2.20. The number of hydrogen-bond donors (Lipinski definition) is 0. The monoisotopic (exact) mass is 503 g/mol. The van der Waals surface area contributed by atoms with Crippen LogP contribution in [-0.4, -0.2) is 29.1 Å². The van der Waals surface area contributed by atoms with Crippen molar-refractivity contribution in [1.82, 2.24) is 0 Å². The maximum atomic E-state index is 12.0. The van der Waals surface area contributed by atoms with E-state index < -0.39 is 10.7 Å². The van der Waals surface area contributed by atoms with Gasteiger partial charge in [0.1, 0.15) is 5.56 Å². The van der Waals surface area contributed by atoms with Crippen LogP contribution in [0.15, 0.2) is 12.1 Å². The SMILES string of the molecule is CCCCCCCCCCCCCCOC(=O)CCCCc1cc(C(C)=O)c(C(C)=O)c([N+](=O)[O-])c1. The summed E-state index contributed by atoms with van der Waals surface area (Å²) in [6, 6.07) is 2.91. The van der Waals surface area contributed by atoms with Crippen LogP contribution < -0.4 is 0 Å². The Bertz CT molecular complexity index is 813. The minimum atomic E-state index is -0.625. The molecule has 36 heavy (non-hydrogen) atoms. The van der Waals surface area contributed by atoms with Gasteiger partial charge in [-0.1, -0.05) is 77.6 Å². The van der Waals surface area contributed by atoms with Crippen molar-refractivity contribution in [2.75, 3.05) is 6.61 Å². The van der Waals surface area contributed by atoms with E-state index in [2.05, 4.69) is 6.92 Å². The number of nitro benzene ring substituents is 1. The zero-order chi connectivity index (χ0) is 26.8. The van der Waals surface area contributed by atoms with Gasteiger partial charge in [0, 0.05) is 18.1 Å². The number of benzene rings is 1. The molecule has 1 rings (SSSR count). The van der Waals surface area contributed by atoms with E-state index in [1.54, 1.807) is 6.07 Å². The van der Waals surface area contributed by atoms with Gasteiger partial charge in [-0.2, -0.15) is 0 Å². The molecule has 0 aliphatic rings. The predicted octanol–water partition coefficient (Wildman–Crippen LogP) is 7.96. The third-order valence-corrected chi connectivity index (χ3v) is 6.46. The van der Waals surface area contributed by atoms with Gasteiger partial charge < -0.3 is 4.74 Å². The second-order valence-corrected chi connectivity index (χ2v) is 9.72. The summed E-state index contributed by atoms with van der Waals surface area (Å²) in [7, 11) is 0. The highest BCUT2D eigenvalue weighted by Crippen LogP contribution is 2.27. The molecular formula is C29H45NO6. The van der Waals surface area contributed by atoms with Crippen molar-refractivity contribution >= 4 is 23.2 Å². The van der Waals surface area contributed by atoms with Crippen LogP contribution in [0.25, 0.3) is 0 Å². The number of nitro groups is 1. The highest BCUT2D eigenvalue weighted by atomic mass is 16.6. The van der Waals surface area contributed by atoms with E-state index in [0.717, 1.165) is 12.8 Å². The summed E-state index contributed by atoms with van der Waals surface area (Å²) in [5, 5.41) is 11.4. The summed E-state index contributed by atoms with van der Waals surface area (Å²) in [5.41, 5.74) is 0.208. The van der Waals surface area contributed by atoms with E-state index in [1.807, 2.05) is 0 Å². The van der Waals surface area contributed by atoms with Gasteiger partial charge in [-0.3, -0.25) is 24.5 Å². The lowest BCUT2D eigenvalue weighted by atomic mass is 9.94. The van der Waals surface area contributed by atoms with Crippen molar-refractivity contribution in [1.29, 1.82) is 0 Å². The largest absolute Gasteiger partial charge is 0.466 e. The van der Waals surface area contributed by atoms with Crippen molar-refractivity contribution in [2.24, 2.45) is 0 Å². The second-order valence-electron chi connectivity index (χ2n) is 9.72. The fourth-order valence-corrected chi connectivity index (χ4v) is 4.42. The molecule has 0 aromatic heterocycles. The summed E-state index contributed by atoms with van der Waals surface area (Å²) >= 11 is 0. The number of carbonyl (C=O) groups excluding carboxylic acids is 3. The molecule has 0 N–H and O–H groups in total. The van der Waals surface area contributed by atoms with Crippen molar-refractivity contribution < 1.29 is 24.0 Å². The van der Waals surface area contributed by atoms with Crippen LogP contribution in [0.5, 0.6) is 0 Å². The zero-order valence-electron chi connectivity index (χ0n) is 22.6. The summed E-state index contributed by atoms with van der Waals surface area (Å²) in [5.74, 6) is -1.11. The maximum absolute atomic E-state index is 12.0. The Kier molecular flexibility index (Phi) is 16.3. The molecule has 0 radical (unpaired) electrons. The molecule has 0 fully saturated rings. The first-order valence-corrected chi connectivity index (χ1v) is 13.8. The van der Waals surface area contributed by atoms with Crippen molar-refractivity contribution in [2.45, 2.75) is 124 Å². The molecule has 0 aliphatic carbocycles. The summed E-state index contributed by atoms with van der Waals surface area (Å²) in [4.78, 5) is 46.6. The van der Waals surface area contributed by atoms with E-state index in [1.165, 1.54) is 84.1 Å². The fraction of sp³-hybridized carbons (Fsp3) is 0.690. The van der Waals surface area contributed by atoms with Gasteiger partial charge in [0.05, 0.1) is 11.5 Å². The summed E-state index contributed by atoms with van der Waals surface area (Å²) < 4.78 is 5.32. The van der Waals surface area contributed by atoms with E-state index in [9.17, 15) is 24.5 Å². The average Bonchev–Trinajstić information content (AvgIpc) is 2.83. The molecule has 202 valence electrons. The van der Waals surface area contributed by atoms with Crippen LogP contribution in [0.1, 0.15) is 143 Å². The number of ketones is 2. The number of ether oxygens (including phenoxy) is 1. The molecule has 0 bridgehead atoms. The number of nitrogens with zero attached hydrogens (tertiary/aromatic N) is 1. The predicted molar refractivity (Wildman–Crippen MR) is 143 cm³/mol. The second kappa shape index (κ2) is 18.7. The average molecular weight is 504 g/mol. The fourth-order valence-electron chi connectivity index (χ4n) is 4.42. The van der Waals surface area contributed by atoms with Gasteiger partial charge in [-0.25, -0.2) is 0 Å². The van der Waals surface area contributed by atoms with Gasteiger partial charge in [0.2, 0.25) is 0 Å². The molecule has 0 aliphatic heterocycles. The molecule has 0 saturated heterocycles. The lowest BCUT2D eigenvalue weighted by Gasteiger charge is -2.09. The highest BCUT2D eigenvalue weighted by Gasteiger charge is 2.24. The van der Waals surface area contributed by atoms with Crippen molar-refractivity contribution in [3.05, 3.63) is 38.9 Å². The first-order valence-electron chi connectivity index (χ1n) is 13.8. The van der Waals surface area contributed by atoms with Crippen LogP contribution in [0.3, 0.4) is 0 Å². The maximum Gasteiger partial charge on any atom is 0.305 e. The molecule has 0 spiro atoms. The molecule has 7 heteroatoms. The minimum absolute atomic E-state index is 0.0773. The molecule has 1 aromatic rings. The van der Waals surface area contributed by atoms with E-state index in [-0.39, 0.29) is 28.6 Å². The number of esters is 1. The Morgan fingerprint density at radius 2 is 1.33 bits per heavy atom. The smallest absolute Gasteiger partial charge is 0.305 e. The Morgan fingerprint density at radius 1 is 0.778 bits per heavy atom. The normalized spacial score (nSPS) is 10.9. The van der Waals surface area contributed by atoms with Crippen LogP contribution >= 0.6 is 0 Å². The third kappa shape index (κ3) is 12.9. The van der Waals surface area contributed by atoms with E-state index >= 15 is 0 Å². The Hall–Kier alpha value is -2.57. The minimum Gasteiger partial charge on any atom is -0.466 e. The molecular weight excluding hydrogens is 458 g/mol. The first kappa shape index (κ1) is 31.5. The van der Waals surface area contributed by atoms with E-state index in [0.29, 0.717) is 37.9 Å². The highest BCUT2D eigenvalue weighted by molar-refractivity contribution is 6.10. The van der Waals surface area contributed by atoms with Crippen molar-refractivity contribution in [3.63, 3.8) is 0 Å². The standard InChI is InChI=1S/C29H45NO6/c1-4-5-6-7-8-9-10-11-12-13-14-17-20-36-28(33)19-16-15-18-25-21-26(23(2)31)29(24(3)32)27(22-25)30(34)35/h21-22H,4-20H2,1-3H3. The summed E-state index contributed by atoms with van der Waals surface area (Å²) in [6.07, 6.45) is 17.1. The summed E-state index contributed by atoms with van der Waals surface area (Å²) in [6.45, 7) is 5.21. The zero-order valence-corrected chi connectivity index (χ0v) is 22.6. The molecule has 0 saturated carbocycles. The van der Waals surface area contributed by atoms with Gasteiger partial charge >= 0.3 is 5.97 Å². The molecule has 0 atom stereocenters. The van der Waals surface area contributed by atoms with Gasteiger partial charge in [-0.15, -0.1) is 0 Å². The Labute approximate surface area is 216 Å².